The first-order valence-electron chi connectivity index (χ1n) is 6.83. The highest BCUT2D eigenvalue weighted by Gasteiger charge is 2.15. The van der Waals surface area contributed by atoms with Gasteiger partial charge in [0.1, 0.15) is 0 Å². The lowest BCUT2D eigenvalue weighted by Crippen LogP contribution is -2.21. The fourth-order valence-corrected chi connectivity index (χ4v) is 2.55. The van der Waals surface area contributed by atoms with Gasteiger partial charge < -0.3 is 10.6 Å². The van der Waals surface area contributed by atoms with Crippen molar-refractivity contribution in [3.63, 3.8) is 0 Å². The lowest BCUT2D eigenvalue weighted by Gasteiger charge is -2.28. The molecule has 0 aliphatic carbocycles. The second kappa shape index (κ2) is 6.29. The minimum atomic E-state index is 0.0651. The maximum Gasteiger partial charge on any atom is 0.0525 e. The molecule has 0 radical (unpaired) electrons. The molecule has 0 fully saturated rings. The average molecular weight is 289 g/mol. The van der Waals surface area contributed by atoms with Gasteiger partial charge >= 0.3 is 0 Å². The predicted molar refractivity (Wildman–Crippen MR) is 87.3 cm³/mol. The summed E-state index contributed by atoms with van der Waals surface area (Å²) >= 11 is 6.27. The van der Waals surface area contributed by atoms with Crippen LogP contribution in [0.25, 0.3) is 0 Å². The van der Waals surface area contributed by atoms with Crippen LogP contribution in [0, 0.1) is 0 Å². The molecule has 2 aromatic carbocycles. The van der Waals surface area contributed by atoms with Crippen LogP contribution in [0.2, 0.25) is 5.02 Å². The topological polar surface area (TPSA) is 29.3 Å². The highest BCUT2D eigenvalue weighted by molar-refractivity contribution is 6.31. The van der Waals surface area contributed by atoms with Gasteiger partial charge in [-0.2, -0.15) is 0 Å². The number of halogens is 1. The van der Waals surface area contributed by atoms with Gasteiger partial charge in [-0.3, -0.25) is 0 Å². The van der Waals surface area contributed by atoms with Gasteiger partial charge in [-0.15, -0.1) is 0 Å². The monoisotopic (exact) mass is 288 g/mol. The molecule has 20 heavy (non-hydrogen) atoms. The van der Waals surface area contributed by atoms with E-state index in [9.17, 15) is 0 Å². The Morgan fingerprint density at radius 3 is 2.15 bits per heavy atom. The van der Waals surface area contributed by atoms with Gasteiger partial charge in [0.2, 0.25) is 0 Å². The molecule has 2 atom stereocenters. The zero-order valence-electron chi connectivity index (χ0n) is 12.2. The molecule has 2 N–H and O–H groups in total. The van der Waals surface area contributed by atoms with E-state index in [2.05, 4.69) is 49.2 Å². The largest absolute Gasteiger partial charge is 0.368 e. The molecular weight excluding hydrogens is 268 g/mol. The lowest BCUT2D eigenvalue weighted by molar-refractivity contribution is 0.739. The smallest absolute Gasteiger partial charge is 0.0525 e. The van der Waals surface area contributed by atoms with Crippen molar-refractivity contribution in [2.75, 3.05) is 11.9 Å². The molecule has 106 valence electrons. The molecule has 2 unspecified atom stereocenters. The molecule has 0 amide bonds. The van der Waals surface area contributed by atoms with Crippen LogP contribution in [0.15, 0.2) is 48.5 Å². The maximum absolute atomic E-state index is 6.27. The molecule has 0 saturated carbocycles. The Bertz CT molecular complexity index is 563. The van der Waals surface area contributed by atoms with Crippen molar-refractivity contribution in [3.8, 4) is 0 Å². The number of hydrogen-bond acceptors (Lipinski definition) is 2. The number of benzene rings is 2. The first-order chi connectivity index (χ1) is 9.50. The van der Waals surface area contributed by atoms with Crippen molar-refractivity contribution < 1.29 is 0 Å². The Labute approximate surface area is 126 Å². The summed E-state index contributed by atoms with van der Waals surface area (Å²) in [6.45, 7) is 4.14. The molecule has 0 aliphatic heterocycles. The minimum Gasteiger partial charge on any atom is -0.368 e. The van der Waals surface area contributed by atoms with E-state index in [1.54, 1.807) is 0 Å². The Hall–Kier alpha value is -1.51. The van der Waals surface area contributed by atoms with Gasteiger partial charge in [0.25, 0.3) is 0 Å². The van der Waals surface area contributed by atoms with E-state index < -0.39 is 0 Å². The quantitative estimate of drug-likeness (QED) is 0.894. The first-order valence-corrected chi connectivity index (χ1v) is 7.21. The third-order valence-corrected chi connectivity index (χ3v) is 4.11. The van der Waals surface area contributed by atoms with E-state index in [0.29, 0.717) is 0 Å². The highest BCUT2D eigenvalue weighted by atomic mass is 35.5. The van der Waals surface area contributed by atoms with Gasteiger partial charge in [-0.1, -0.05) is 41.9 Å². The van der Waals surface area contributed by atoms with Gasteiger partial charge in [-0.05, 0) is 43.2 Å². The van der Waals surface area contributed by atoms with E-state index in [1.165, 1.54) is 0 Å². The average Bonchev–Trinajstić information content (AvgIpc) is 2.46. The zero-order chi connectivity index (χ0) is 14.7. The number of rotatable bonds is 4. The number of anilines is 1. The molecule has 3 heteroatoms. The van der Waals surface area contributed by atoms with Crippen LogP contribution >= 0.6 is 11.6 Å². The normalized spacial score (nSPS) is 13.8. The maximum atomic E-state index is 6.27. The third kappa shape index (κ3) is 3.14. The Morgan fingerprint density at radius 2 is 1.60 bits per heavy atom. The van der Waals surface area contributed by atoms with Crippen molar-refractivity contribution in [1.29, 1.82) is 0 Å². The van der Waals surface area contributed by atoms with Crippen molar-refractivity contribution in [2.45, 2.75) is 25.9 Å². The van der Waals surface area contributed by atoms with Crippen molar-refractivity contribution in [2.24, 2.45) is 5.73 Å². The van der Waals surface area contributed by atoms with Crippen LogP contribution < -0.4 is 10.6 Å². The van der Waals surface area contributed by atoms with E-state index in [0.717, 1.165) is 21.8 Å². The number of nitrogens with zero attached hydrogens (tertiary/aromatic N) is 1. The number of hydrogen-bond donors (Lipinski definition) is 1. The van der Waals surface area contributed by atoms with Crippen LogP contribution in [0.1, 0.15) is 37.1 Å². The summed E-state index contributed by atoms with van der Waals surface area (Å²) in [6.07, 6.45) is 0. The highest BCUT2D eigenvalue weighted by Crippen LogP contribution is 2.30. The van der Waals surface area contributed by atoms with Gasteiger partial charge in [0.15, 0.2) is 0 Å². The second-order valence-electron chi connectivity index (χ2n) is 5.19. The molecule has 0 spiro atoms. The first kappa shape index (κ1) is 14.9. The van der Waals surface area contributed by atoms with E-state index in [4.69, 9.17) is 17.3 Å². The third-order valence-electron chi connectivity index (χ3n) is 3.76. The zero-order valence-corrected chi connectivity index (χ0v) is 12.9. The fraction of sp³-hybridized carbons (Fsp3) is 0.294. The second-order valence-corrected chi connectivity index (χ2v) is 5.60. The molecule has 2 nitrogen and oxygen atoms in total. The summed E-state index contributed by atoms with van der Waals surface area (Å²) in [4.78, 5) is 2.21. The van der Waals surface area contributed by atoms with Crippen LogP contribution in [0.5, 0.6) is 0 Å². The van der Waals surface area contributed by atoms with Crippen LogP contribution in [0.4, 0.5) is 5.69 Å². The Kier molecular flexibility index (Phi) is 4.69. The lowest BCUT2D eigenvalue weighted by atomic mass is 10.1. The summed E-state index contributed by atoms with van der Waals surface area (Å²) in [5.74, 6) is 0. The fourth-order valence-electron chi connectivity index (χ4n) is 2.26. The van der Waals surface area contributed by atoms with E-state index in [1.807, 2.05) is 25.1 Å². The van der Waals surface area contributed by atoms with Gasteiger partial charge in [-0.25, -0.2) is 0 Å². The summed E-state index contributed by atoms with van der Waals surface area (Å²) in [5, 5.41) is 0.805. The molecule has 0 aromatic heterocycles. The van der Waals surface area contributed by atoms with E-state index >= 15 is 0 Å². The molecular formula is C17H21ClN2. The van der Waals surface area contributed by atoms with Gasteiger partial charge in [0.05, 0.1) is 6.04 Å². The summed E-state index contributed by atoms with van der Waals surface area (Å²) < 4.78 is 0. The minimum absolute atomic E-state index is 0.0651. The van der Waals surface area contributed by atoms with E-state index in [-0.39, 0.29) is 12.1 Å². The summed E-state index contributed by atoms with van der Waals surface area (Å²) in [5.41, 5.74) is 9.31. The van der Waals surface area contributed by atoms with Crippen molar-refractivity contribution >= 4 is 17.3 Å². The molecule has 0 saturated heterocycles. The van der Waals surface area contributed by atoms with Crippen molar-refractivity contribution in [1.82, 2.24) is 0 Å². The summed E-state index contributed by atoms with van der Waals surface area (Å²) in [7, 11) is 2.08. The SMILES string of the molecule is CC(N)c1ccc(N(C)C(C)c2ccccc2Cl)cc1. The Balaban J connectivity index is 2.22. The molecule has 2 rings (SSSR count). The molecule has 0 heterocycles. The number of nitrogens with two attached hydrogens (primary N) is 1. The van der Waals surface area contributed by atoms with Gasteiger partial charge in [0, 0.05) is 23.8 Å². The molecule has 0 bridgehead atoms. The standard InChI is InChI=1S/C17H21ClN2/c1-12(19)14-8-10-15(11-9-14)20(3)13(2)16-6-4-5-7-17(16)18/h4-13H,19H2,1-3H3. The van der Waals surface area contributed by atoms with Crippen LogP contribution in [-0.4, -0.2) is 7.05 Å². The summed E-state index contributed by atoms with van der Waals surface area (Å²) in [6, 6.07) is 16.6. The van der Waals surface area contributed by atoms with Crippen LogP contribution in [0.3, 0.4) is 0 Å². The van der Waals surface area contributed by atoms with Crippen molar-refractivity contribution in [3.05, 3.63) is 64.7 Å². The molecule has 2 aromatic rings. The Morgan fingerprint density at radius 1 is 1.00 bits per heavy atom. The predicted octanol–water partition coefficient (Wildman–Crippen LogP) is 4.56. The molecule has 0 aliphatic rings. The van der Waals surface area contributed by atoms with Crippen LogP contribution in [-0.2, 0) is 0 Å².